The number of rotatable bonds is 7. The van der Waals surface area contributed by atoms with Crippen LogP contribution in [-0.2, 0) is 14.2 Å². The number of likely N-dealkylation sites (N-methyl/N-ethyl adjacent to an activating group) is 1. The lowest BCUT2D eigenvalue weighted by Gasteiger charge is -2.43. The van der Waals surface area contributed by atoms with Gasteiger partial charge in [-0.1, -0.05) is 12.8 Å². The highest BCUT2D eigenvalue weighted by molar-refractivity contribution is 4.94. The minimum atomic E-state index is -0.142. The monoisotopic (exact) mass is 285 g/mol. The predicted molar refractivity (Wildman–Crippen MR) is 79.8 cm³/mol. The number of ether oxygens (including phenoxy) is 3. The summed E-state index contributed by atoms with van der Waals surface area (Å²) in [6.45, 7) is 6.32. The van der Waals surface area contributed by atoms with Crippen molar-refractivity contribution in [3.63, 3.8) is 0 Å². The Hall–Kier alpha value is -0.160. The highest BCUT2D eigenvalue weighted by Crippen LogP contribution is 2.43. The van der Waals surface area contributed by atoms with Crippen LogP contribution < -0.4 is 5.32 Å². The second-order valence-corrected chi connectivity index (χ2v) is 6.08. The molecule has 1 aliphatic carbocycles. The summed E-state index contributed by atoms with van der Waals surface area (Å²) in [5.74, 6) is 0.579. The summed E-state index contributed by atoms with van der Waals surface area (Å²) in [6.07, 6.45) is 7.20. The van der Waals surface area contributed by atoms with Crippen molar-refractivity contribution in [3.05, 3.63) is 0 Å². The molecular formula is C16H31NO3. The Labute approximate surface area is 123 Å². The van der Waals surface area contributed by atoms with Gasteiger partial charge in [0, 0.05) is 19.8 Å². The van der Waals surface area contributed by atoms with Crippen molar-refractivity contribution in [1.82, 2.24) is 5.32 Å². The van der Waals surface area contributed by atoms with E-state index < -0.39 is 0 Å². The van der Waals surface area contributed by atoms with E-state index in [9.17, 15) is 0 Å². The van der Waals surface area contributed by atoms with Crippen molar-refractivity contribution in [3.8, 4) is 0 Å². The van der Waals surface area contributed by atoms with Crippen molar-refractivity contribution in [1.29, 1.82) is 0 Å². The summed E-state index contributed by atoms with van der Waals surface area (Å²) in [6, 6.07) is 0.260. The van der Waals surface area contributed by atoms with Crippen LogP contribution in [0.1, 0.15) is 52.4 Å². The van der Waals surface area contributed by atoms with Gasteiger partial charge in [-0.05, 0) is 52.5 Å². The van der Waals surface area contributed by atoms with E-state index in [1.807, 2.05) is 20.9 Å². The third-order valence-corrected chi connectivity index (χ3v) is 4.84. The van der Waals surface area contributed by atoms with E-state index in [0.29, 0.717) is 19.1 Å². The molecule has 1 aliphatic heterocycles. The Kier molecular flexibility index (Phi) is 6.27. The molecule has 1 saturated carbocycles. The van der Waals surface area contributed by atoms with Crippen molar-refractivity contribution in [2.45, 2.75) is 70.3 Å². The Morgan fingerprint density at radius 3 is 2.40 bits per heavy atom. The lowest BCUT2D eigenvalue weighted by Crippen LogP contribution is -2.51. The molecule has 1 saturated heterocycles. The fourth-order valence-corrected chi connectivity index (χ4v) is 3.92. The Bertz CT molecular complexity index is 273. The molecule has 0 aromatic heterocycles. The maximum absolute atomic E-state index is 6.14. The second kappa shape index (κ2) is 7.74. The van der Waals surface area contributed by atoms with Gasteiger partial charge in [-0.3, -0.25) is 0 Å². The van der Waals surface area contributed by atoms with Gasteiger partial charge < -0.3 is 19.5 Å². The normalized spacial score (nSPS) is 27.3. The first-order valence-electron chi connectivity index (χ1n) is 8.29. The summed E-state index contributed by atoms with van der Waals surface area (Å²) < 4.78 is 17.8. The van der Waals surface area contributed by atoms with E-state index in [1.165, 1.54) is 25.7 Å². The lowest BCUT2D eigenvalue weighted by atomic mass is 9.80. The first-order chi connectivity index (χ1) is 9.74. The summed E-state index contributed by atoms with van der Waals surface area (Å²) in [7, 11) is 2.02. The van der Waals surface area contributed by atoms with Gasteiger partial charge in [-0.25, -0.2) is 0 Å². The largest absolute Gasteiger partial charge is 0.375 e. The van der Waals surface area contributed by atoms with Crippen molar-refractivity contribution >= 4 is 0 Å². The quantitative estimate of drug-likeness (QED) is 0.730. The van der Waals surface area contributed by atoms with Crippen LogP contribution in [0.3, 0.4) is 0 Å². The van der Waals surface area contributed by atoms with Gasteiger partial charge in [0.25, 0.3) is 0 Å². The molecule has 1 spiro atoms. The van der Waals surface area contributed by atoms with Gasteiger partial charge >= 0.3 is 0 Å². The minimum Gasteiger partial charge on any atom is -0.375 e. The molecule has 0 bridgehead atoms. The molecule has 2 unspecified atom stereocenters. The fraction of sp³-hybridized carbons (Fsp3) is 1.00. The molecule has 2 rings (SSSR count). The zero-order valence-corrected chi connectivity index (χ0v) is 13.3. The van der Waals surface area contributed by atoms with E-state index in [2.05, 4.69) is 5.32 Å². The maximum atomic E-state index is 6.14. The Morgan fingerprint density at radius 2 is 1.85 bits per heavy atom. The zero-order valence-electron chi connectivity index (χ0n) is 13.3. The van der Waals surface area contributed by atoms with E-state index >= 15 is 0 Å². The molecule has 2 fully saturated rings. The van der Waals surface area contributed by atoms with Crippen LogP contribution in [0.2, 0.25) is 0 Å². The van der Waals surface area contributed by atoms with Crippen molar-refractivity contribution in [2.75, 3.05) is 26.9 Å². The average Bonchev–Trinajstić information content (AvgIpc) is 2.88. The second-order valence-electron chi connectivity index (χ2n) is 6.08. The maximum Gasteiger partial charge on any atom is 0.172 e. The number of nitrogens with one attached hydrogen (secondary N) is 1. The standard InChI is InChI=1S/C16H31NO3/c1-4-18-15(19-5-2)14(17-3)13-8-11-20-16(12-13)9-6-7-10-16/h13-15,17H,4-12H2,1-3H3. The summed E-state index contributed by atoms with van der Waals surface area (Å²) in [5, 5.41) is 3.44. The molecule has 0 radical (unpaired) electrons. The fourth-order valence-electron chi connectivity index (χ4n) is 3.92. The first-order valence-corrected chi connectivity index (χ1v) is 8.29. The van der Waals surface area contributed by atoms with Crippen LogP contribution in [0.15, 0.2) is 0 Å². The molecular weight excluding hydrogens is 254 g/mol. The van der Waals surface area contributed by atoms with Crippen LogP contribution in [-0.4, -0.2) is 44.8 Å². The molecule has 4 heteroatoms. The minimum absolute atomic E-state index is 0.142. The molecule has 0 amide bonds. The third kappa shape index (κ3) is 3.73. The number of hydrogen-bond donors (Lipinski definition) is 1. The molecule has 1 N–H and O–H groups in total. The van der Waals surface area contributed by atoms with Crippen LogP contribution in [0.5, 0.6) is 0 Å². The van der Waals surface area contributed by atoms with Crippen LogP contribution in [0.4, 0.5) is 0 Å². The van der Waals surface area contributed by atoms with Crippen LogP contribution >= 0.6 is 0 Å². The van der Waals surface area contributed by atoms with E-state index in [-0.39, 0.29) is 17.9 Å². The topological polar surface area (TPSA) is 39.7 Å². The molecule has 20 heavy (non-hydrogen) atoms. The summed E-state index contributed by atoms with van der Waals surface area (Å²) in [4.78, 5) is 0. The molecule has 118 valence electrons. The first kappa shape index (κ1) is 16.2. The average molecular weight is 285 g/mol. The van der Waals surface area contributed by atoms with Gasteiger partial charge in [-0.15, -0.1) is 0 Å². The van der Waals surface area contributed by atoms with Crippen LogP contribution in [0.25, 0.3) is 0 Å². The molecule has 0 aromatic carbocycles. The Balaban J connectivity index is 2.01. The molecule has 2 atom stereocenters. The van der Waals surface area contributed by atoms with Gasteiger partial charge in [0.2, 0.25) is 0 Å². The highest BCUT2D eigenvalue weighted by atomic mass is 16.7. The van der Waals surface area contributed by atoms with Crippen LogP contribution in [0, 0.1) is 5.92 Å². The summed E-state index contributed by atoms with van der Waals surface area (Å²) >= 11 is 0. The molecule has 1 heterocycles. The van der Waals surface area contributed by atoms with Gasteiger partial charge in [0.15, 0.2) is 6.29 Å². The van der Waals surface area contributed by atoms with E-state index in [0.717, 1.165) is 19.4 Å². The third-order valence-electron chi connectivity index (χ3n) is 4.84. The number of hydrogen-bond acceptors (Lipinski definition) is 4. The summed E-state index contributed by atoms with van der Waals surface area (Å²) in [5.41, 5.74) is 0.154. The smallest absolute Gasteiger partial charge is 0.172 e. The van der Waals surface area contributed by atoms with Gasteiger partial charge in [0.05, 0.1) is 11.6 Å². The van der Waals surface area contributed by atoms with Gasteiger partial charge in [-0.2, -0.15) is 0 Å². The van der Waals surface area contributed by atoms with E-state index in [1.54, 1.807) is 0 Å². The van der Waals surface area contributed by atoms with Crippen molar-refractivity contribution < 1.29 is 14.2 Å². The molecule has 2 aliphatic rings. The van der Waals surface area contributed by atoms with Crippen molar-refractivity contribution in [2.24, 2.45) is 5.92 Å². The molecule has 4 nitrogen and oxygen atoms in total. The highest BCUT2D eigenvalue weighted by Gasteiger charge is 2.43. The lowest BCUT2D eigenvalue weighted by molar-refractivity contribution is -0.177. The Morgan fingerprint density at radius 1 is 1.20 bits per heavy atom. The predicted octanol–water partition coefficient (Wildman–Crippen LogP) is 2.71. The SMILES string of the molecule is CCOC(OCC)C(NC)C1CCOC2(CCCC2)C1. The zero-order chi connectivity index (χ0) is 14.4. The van der Waals surface area contributed by atoms with E-state index in [4.69, 9.17) is 14.2 Å². The van der Waals surface area contributed by atoms with Gasteiger partial charge in [0.1, 0.15) is 0 Å². The molecule has 0 aromatic rings.